The highest BCUT2D eigenvalue weighted by atomic mass is 16.5. The van der Waals surface area contributed by atoms with Crippen LogP contribution >= 0.6 is 0 Å². The minimum atomic E-state index is 0.239. The summed E-state index contributed by atoms with van der Waals surface area (Å²) in [5.41, 5.74) is 3.99. The quantitative estimate of drug-likeness (QED) is 0.774. The zero-order chi connectivity index (χ0) is 19.1. The van der Waals surface area contributed by atoms with Gasteiger partial charge in [0.25, 0.3) is 0 Å². The molecule has 0 aliphatic carbocycles. The van der Waals surface area contributed by atoms with Gasteiger partial charge >= 0.3 is 0 Å². The molecule has 27 heavy (non-hydrogen) atoms. The van der Waals surface area contributed by atoms with Gasteiger partial charge in [0.1, 0.15) is 5.75 Å². The van der Waals surface area contributed by atoms with Crippen molar-refractivity contribution in [2.24, 2.45) is 0 Å². The average Bonchev–Trinajstić information content (AvgIpc) is 2.66. The standard InChI is InChI=1S/C23H32N2O2/c1-3-27-23-9-7-20(8-10-23)17-25-13-12-24(18-22(25)11-14-26)16-21-6-4-5-19(2)15-21/h4-10,15,22,26H,3,11-14,16-18H2,1-2H3/t22-/m1/s1. The molecule has 1 aliphatic heterocycles. The topological polar surface area (TPSA) is 35.9 Å². The molecule has 1 aliphatic rings. The summed E-state index contributed by atoms with van der Waals surface area (Å²) in [5.74, 6) is 0.927. The molecule has 0 spiro atoms. The third-order valence-electron chi connectivity index (χ3n) is 5.26. The van der Waals surface area contributed by atoms with Crippen LogP contribution in [-0.4, -0.2) is 53.8 Å². The van der Waals surface area contributed by atoms with E-state index in [1.165, 1.54) is 16.7 Å². The molecule has 2 aromatic carbocycles. The molecule has 1 saturated heterocycles. The Bertz CT molecular complexity index is 702. The van der Waals surface area contributed by atoms with E-state index in [2.05, 4.69) is 53.1 Å². The second-order valence-corrected chi connectivity index (χ2v) is 7.44. The highest BCUT2D eigenvalue weighted by Gasteiger charge is 2.26. The lowest BCUT2D eigenvalue weighted by Gasteiger charge is -2.41. The van der Waals surface area contributed by atoms with E-state index in [0.29, 0.717) is 12.6 Å². The molecule has 1 fully saturated rings. The number of benzene rings is 2. The van der Waals surface area contributed by atoms with Crippen LogP contribution in [0, 0.1) is 6.92 Å². The summed E-state index contributed by atoms with van der Waals surface area (Å²) < 4.78 is 5.54. The van der Waals surface area contributed by atoms with Crippen LogP contribution in [0.4, 0.5) is 0 Å². The molecule has 4 heteroatoms. The number of aryl methyl sites for hydroxylation is 1. The fraction of sp³-hybridized carbons (Fsp3) is 0.478. The van der Waals surface area contributed by atoms with E-state index >= 15 is 0 Å². The van der Waals surface area contributed by atoms with E-state index in [1.807, 2.05) is 19.1 Å². The first-order valence-corrected chi connectivity index (χ1v) is 10.0. The van der Waals surface area contributed by atoms with Gasteiger partial charge in [-0.05, 0) is 43.5 Å². The zero-order valence-corrected chi connectivity index (χ0v) is 16.6. The van der Waals surface area contributed by atoms with Crippen molar-refractivity contribution in [3.05, 3.63) is 65.2 Å². The minimum Gasteiger partial charge on any atom is -0.494 e. The molecule has 1 atom stereocenters. The summed E-state index contributed by atoms with van der Waals surface area (Å²) in [6, 6.07) is 17.6. The number of piperazine rings is 1. The van der Waals surface area contributed by atoms with Gasteiger partial charge in [0.15, 0.2) is 0 Å². The molecule has 0 amide bonds. The lowest BCUT2D eigenvalue weighted by Crippen LogP contribution is -2.52. The summed E-state index contributed by atoms with van der Waals surface area (Å²) in [5, 5.41) is 9.55. The molecule has 0 saturated carbocycles. The van der Waals surface area contributed by atoms with Gasteiger partial charge < -0.3 is 9.84 Å². The highest BCUT2D eigenvalue weighted by Crippen LogP contribution is 2.20. The van der Waals surface area contributed by atoms with Crippen molar-refractivity contribution in [1.82, 2.24) is 9.80 Å². The fourth-order valence-corrected chi connectivity index (χ4v) is 3.89. The summed E-state index contributed by atoms with van der Waals surface area (Å²) in [7, 11) is 0. The number of ether oxygens (including phenoxy) is 1. The molecule has 4 nitrogen and oxygen atoms in total. The van der Waals surface area contributed by atoms with Crippen molar-refractivity contribution < 1.29 is 9.84 Å². The monoisotopic (exact) mass is 368 g/mol. The van der Waals surface area contributed by atoms with Crippen LogP contribution < -0.4 is 4.74 Å². The molecule has 1 N–H and O–H groups in total. The summed E-state index contributed by atoms with van der Waals surface area (Å²) in [4.78, 5) is 5.03. The average molecular weight is 369 g/mol. The van der Waals surface area contributed by atoms with Crippen molar-refractivity contribution in [2.75, 3.05) is 32.8 Å². The van der Waals surface area contributed by atoms with Crippen molar-refractivity contribution in [2.45, 2.75) is 39.4 Å². The van der Waals surface area contributed by atoms with E-state index in [1.54, 1.807) is 0 Å². The second kappa shape index (κ2) is 9.88. The maximum absolute atomic E-state index is 9.55. The summed E-state index contributed by atoms with van der Waals surface area (Å²) >= 11 is 0. The number of aliphatic hydroxyl groups excluding tert-OH is 1. The first kappa shape index (κ1) is 19.9. The predicted octanol–water partition coefficient (Wildman–Crippen LogP) is 3.46. The maximum atomic E-state index is 9.55. The van der Waals surface area contributed by atoms with Gasteiger partial charge in [0, 0.05) is 45.4 Å². The van der Waals surface area contributed by atoms with Gasteiger partial charge in [0.2, 0.25) is 0 Å². The molecule has 1 heterocycles. The van der Waals surface area contributed by atoms with E-state index in [9.17, 15) is 5.11 Å². The van der Waals surface area contributed by atoms with Crippen LogP contribution in [0.15, 0.2) is 48.5 Å². The van der Waals surface area contributed by atoms with E-state index in [-0.39, 0.29) is 6.61 Å². The first-order chi connectivity index (χ1) is 13.2. The molecule has 0 unspecified atom stereocenters. The first-order valence-electron chi connectivity index (χ1n) is 10.0. The zero-order valence-electron chi connectivity index (χ0n) is 16.6. The van der Waals surface area contributed by atoms with Gasteiger partial charge in [-0.25, -0.2) is 0 Å². The number of hydrogen-bond donors (Lipinski definition) is 1. The molecular weight excluding hydrogens is 336 g/mol. The highest BCUT2D eigenvalue weighted by molar-refractivity contribution is 5.27. The van der Waals surface area contributed by atoms with Crippen molar-refractivity contribution in [1.29, 1.82) is 0 Å². The van der Waals surface area contributed by atoms with Crippen molar-refractivity contribution in [3.8, 4) is 5.75 Å². The molecule has 0 aromatic heterocycles. The SMILES string of the molecule is CCOc1ccc(CN2CCN(Cc3cccc(C)c3)C[C@H]2CCO)cc1. The van der Waals surface area contributed by atoms with Gasteiger partial charge in [-0.15, -0.1) is 0 Å². The lowest BCUT2D eigenvalue weighted by atomic mass is 10.1. The van der Waals surface area contributed by atoms with Crippen LogP contribution in [0.5, 0.6) is 5.75 Å². The van der Waals surface area contributed by atoms with Crippen molar-refractivity contribution in [3.63, 3.8) is 0 Å². The third-order valence-corrected chi connectivity index (χ3v) is 5.26. The molecular formula is C23H32N2O2. The Morgan fingerprint density at radius 3 is 2.56 bits per heavy atom. The molecule has 146 valence electrons. The number of nitrogens with zero attached hydrogens (tertiary/aromatic N) is 2. The van der Waals surface area contributed by atoms with Gasteiger partial charge in [0.05, 0.1) is 6.61 Å². The Hall–Kier alpha value is -1.88. The minimum absolute atomic E-state index is 0.239. The Balaban J connectivity index is 1.60. The number of rotatable bonds is 8. The lowest BCUT2D eigenvalue weighted by molar-refractivity contribution is 0.0499. The Morgan fingerprint density at radius 2 is 1.85 bits per heavy atom. The van der Waals surface area contributed by atoms with Crippen LogP contribution in [0.1, 0.15) is 30.0 Å². The molecule has 0 bridgehead atoms. The molecule has 0 radical (unpaired) electrons. The van der Waals surface area contributed by atoms with E-state index < -0.39 is 0 Å². The summed E-state index contributed by atoms with van der Waals surface area (Å²) in [6.45, 7) is 10.1. The smallest absolute Gasteiger partial charge is 0.119 e. The van der Waals surface area contributed by atoms with E-state index in [0.717, 1.165) is 44.9 Å². The molecule has 2 aromatic rings. The molecule has 3 rings (SSSR count). The number of aliphatic hydroxyl groups is 1. The van der Waals surface area contributed by atoms with Crippen LogP contribution in [0.2, 0.25) is 0 Å². The number of hydrogen-bond acceptors (Lipinski definition) is 4. The van der Waals surface area contributed by atoms with Gasteiger partial charge in [-0.3, -0.25) is 9.80 Å². The van der Waals surface area contributed by atoms with Crippen LogP contribution in [0.3, 0.4) is 0 Å². The van der Waals surface area contributed by atoms with Crippen molar-refractivity contribution >= 4 is 0 Å². The Labute approximate surface area is 163 Å². The van der Waals surface area contributed by atoms with Gasteiger partial charge in [-0.2, -0.15) is 0 Å². The normalized spacial score (nSPS) is 18.6. The predicted molar refractivity (Wildman–Crippen MR) is 110 cm³/mol. The summed E-state index contributed by atoms with van der Waals surface area (Å²) in [6.07, 6.45) is 0.821. The van der Waals surface area contributed by atoms with Crippen LogP contribution in [0.25, 0.3) is 0 Å². The third kappa shape index (κ3) is 5.80. The maximum Gasteiger partial charge on any atom is 0.119 e. The Morgan fingerprint density at radius 1 is 1.04 bits per heavy atom. The largest absolute Gasteiger partial charge is 0.494 e. The Kier molecular flexibility index (Phi) is 7.27. The van der Waals surface area contributed by atoms with E-state index in [4.69, 9.17) is 4.74 Å². The van der Waals surface area contributed by atoms with Gasteiger partial charge in [-0.1, -0.05) is 42.0 Å². The fourth-order valence-electron chi connectivity index (χ4n) is 3.89. The van der Waals surface area contributed by atoms with Crippen LogP contribution in [-0.2, 0) is 13.1 Å². The second-order valence-electron chi connectivity index (χ2n) is 7.44.